The van der Waals surface area contributed by atoms with E-state index in [4.69, 9.17) is 28.2 Å². The minimum Gasteiger partial charge on any atom is -0.294 e. The van der Waals surface area contributed by atoms with E-state index >= 15 is 0 Å². The van der Waals surface area contributed by atoms with Crippen molar-refractivity contribution >= 4 is 50.5 Å². The number of aromatic nitrogens is 7. The molecule has 3 aromatic heterocycles. The summed E-state index contributed by atoms with van der Waals surface area (Å²) in [7, 11) is 0. The second-order valence-corrected chi connectivity index (χ2v) is 11.5. The molecule has 2 aromatic carbocycles. The Kier molecular flexibility index (Phi) is 6.33. The molecule has 0 radical (unpaired) electrons. The Morgan fingerprint density at radius 2 is 1.82 bits per heavy atom. The number of rotatable bonds is 6. The van der Waals surface area contributed by atoms with Crippen molar-refractivity contribution in [3.63, 3.8) is 0 Å². The number of benzene rings is 2. The van der Waals surface area contributed by atoms with E-state index in [2.05, 4.69) is 36.2 Å². The standard InChI is InChI=1S/C24H15BrCl2F3N7S/c25-13-1-4-15(5-2-13)37-18(10-36-12-31-11-32-36)19(33-20(37)16-6-3-14(26)9-17(16)27)21-34-35-22(38-21)23(7-8-23)24(28,29)30/h1-6,9,11-12H,7-8,10H2. The van der Waals surface area contributed by atoms with E-state index in [1.807, 2.05) is 28.8 Å². The summed E-state index contributed by atoms with van der Waals surface area (Å²) in [5.41, 5.74) is 0.404. The number of nitrogens with zero attached hydrogens (tertiary/aromatic N) is 7. The summed E-state index contributed by atoms with van der Waals surface area (Å²) in [5.74, 6) is 0.466. The monoisotopic (exact) mass is 639 g/mol. The molecule has 14 heteroatoms. The zero-order chi connectivity index (χ0) is 26.7. The van der Waals surface area contributed by atoms with Gasteiger partial charge in [0.2, 0.25) is 0 Å². The van der Waals surface area contributed by atoms with Crippen LogP contribution in [-0.4, -0.2) is 40.7 Å². The quantitative estimate of drug-likeness (QED) is 0.194. The number of imidazole rings is 1. The lowest BCUT2D eigenvalue weighted by Gasteiger charge is -2.15. The van der Waals surface area contributed by atoms with Crippen molar-refractivity contribution in [2.24, 2.45) is 0 Å². The molecule has 6 rings (SSSR count). The smallest absolute Gasteiger partial charge is 0.294 e. The molecule has 1 fully saturated rings. The molecule has 0 amide bonds. The maximum atomic E-state index is 13.8. The fourth-order valence-corrected chi connectivity index (χ4v) is 6.09. The molecule has 0 saturated heterocycles. The van der Waals surface area contributed by atoms with Crippen LogP contribution in [0.2, 0.25) is 10.0 Å². The molecular weight excluding hydrogens is 626 g/mol. The van der Waals surface area contributed by atoms with Gasteiger partial charge in [-0.3, -0.25) is 4.57 Å². The summed E-state index contributed by atoms with van der Waals surface area (Å²) >= 11 is 17.1. The lowest BCUT2D eigenvalue weighted by molar-refractivity contribution is -0.160. The SMILES string of the molecule is FC(F)(F)C1(c2nnc(-c3nc(-c4ccc(Cl)cc4Cl)n(-c4ccc(Br)cc4)c3Cn3cncn3)s2)CC1. The second-order valence-electron chi connectivity index (χ2n) is 8.75. The van der Waals surface area contributed by atoms with Crippen LogP contribution in [0.3, 0.4) is 0 Å². The Hall–Kier alpha value is -2.80. The summed E-state index contributed by atoms with van der Waals surface area (Å²) in [4.78, 5) is 8.91. The molecule has 0 spiro atoms. The van der Waals surface area contributed by atoms with Crippen LogP contribution in [-0.2, 0) is 12.0 Å². The summed E-state index contributed by atoms with van der Waals surface area (Å²) in [5, 5.41) is 13.4. The van der Waals surface area contributed by atoms with Gasteiger partial charge in [0.15, 0.2) is 5.01 Å². The molecule has 0 unspecified atom stereocenters. The van der Waals surface area contributed by atoms with E-state index in [1.54, 1.807) is 29.2 Å². The summed E-state index contributed by atoms with van der Waals surface area (Å²) in [6.07, 6.45) is -1.45. The van der Waals surface area contributed by atoms with Gasteiger partial charge >= 0.3 is 6.18 Å². The topological polar surface area (TPSA) is 74.3 Å². The Morgan fingerprint density at radius 1 is 1.05 bits per heavy atom. The summed E-state index contributed by atoms with van der Waals surface area (Å²) < 4.78 is 45.8. The second kappa shape index (κ2) is 9.44. The number of hydrogen-bond acceptors (Lipinski definition) is 6. The molecule has 0 N–H and O–H groups in total. The number of halogens is 6. The average Bonchev–Trinajstić information content (AvgIpc) is 3.19. The van der Waals surface area contributed by atoms with Gasteiger partial charge in [-0.25, -0.2) is 14.6 Å². The van der Waals surface area contributed by atoms with Gasteiger partial charge < -0.3 is 0 Å². The highest BCUT2D eigenvalue weighted by atomic mass is 79.9. The molecule has 0 atom stereocenters. The molecule has 7 nitrogen and oxygen atoms in total. The first-order valence-corrected chi connectivity index (χ1v) is 13.6. The Morgan fingerprint density at radius 3 is 2.45 bits per heavy atom. The predicted molar refractivity (Wildman–Crippen MR) is 142 cm³/mol. The Labute approximate surface area is 236 Å². The van der Waals surface area contributed by atoms with Crippen molar-refractivity contribution in [2.75, 3.05) is 0 Å². The fourth-order valence-electron chi connectivity index (χ4n) is 4.21. The van der Waals surface area contributed by atoms with Gasteiger partial charge in [-0.2, -0.15) is 18.3 Å². The largest absolute Gasteiger partial charge is 0.400 e. The first-order chi connectivity index (χ1) is 18.2. The van der Waals surface area contributed by atoms with Crippen molar-refractivity contribution in [1.29, 1.82) is 0 Å². The summed E-state index contributed by atoms with van der Waals surface area (Å²) in [6.45, 7) is 0.211. The van der Waals surface area contributed by atoms with Gasteiger partial charge in [-0.1, -0.05) is 50.5 Å². The highest BCUT2D eigenvalue weighted by molar-refractivity contribution is 9.10. The maximum Gasteiger partial charge on any atom is 0.400 e. The molecule has 194 valence electrons. The van der Waals surface area contributed by atoms with Gasteiger partial charge in [0.1, 0.15) is 34.6 Å². The van der Waals surface area contributed by atoms with E-state index in [0.29, 0.717) is 32.8 Å². The lowest BCUT2D eigenvalue weighted by atomic mass is 10.1. The molecule has 0 aliphatic heterocycles. The van der Waals surface area contributed by atoms with Gasteiger partial charge in [0.25, 0.3) is 0 Å². The van der Waals surface area contributed by atoms with Crippen molar-refractivity contribution in [3.05, 3.63) is 80.3 Å². The molecule has 38 heavy (non-hydrogen) atoms. The van der Waals surface area contributed by atoms with E-state index in [1.165, 1.54) is 6.33 Å². The first kappa shape index (κ1) is 25.5. The van der Waals surface area contributed by atoms with Gasteiger partial charge in [-0.15, -0.1) is 10.2 Å². The van der Waals surface area contributed by atoms with Crippen LogP contribution in [0.15, 0.2) is 59.6 Å². The van der Waals surface area contributed by atoms with Crippen molar-refractivity contribution < 1.29 is 13.2 Å². The van der Waals surface area contributed by atoms with Crippen LogP contribution in [0.1, 0.15) is 23.5 Å². The van der Waals surface area contributed by atoms with Crippen LogP contribution in [0.4, 0.5) is 13.2 Å². The third kappa shape index (κ3) is 4.42. The third-order valence-electron chi connectivity index (χ3n) is 6.34. The molecule has 1 aliphatic carbocycles. The maximum absolute atomic E-state index is 13.8. The van der Waals surface area contributed by atoms with Gasteiger partial charge in [-0.05, 0) is 55.3 Å². The minimum atomic E-state index is -4.40. The number of hydrogen-bond donors (Lipinski definition) is 0. The zero-order valence-electron chi connectivity index (χ0n) is 19.1. The molecule has 0 bridgehead atoms. The van der Waals surface area contributed by atoms with Crippen LogP contribution in [0.25, 0.3) is 27.8 Å². The van der Waals surface area contributed by atoms with Crippen molar-refractivity contribution in [3.8, 4) is 27.8 Å². The van der Waals surface area contributed by atoms with E-state index in [0.717, 1.165) is 21.5 Å². The normalized spacial score (nSPS) is 14.7. The van der Waals surface area contributed by atoms with Crippen molar-refractivity contribution in [1.82, 2.24) is 34.5 Å². The van der Waals surface area contributed by atoms with Crippen LogP contribution >= 0.6 is 50.5 Å². The fraction of sp³-hybridized carbons (Fsp3) is 0.208. The van der Waals surface area contributed by atoms with Gasteiger partial charge in [0.05, 0.1) is 17.3 Å². The highest BCUT2D eigenvalue weighted by Gasteiger charge is 2.66. The van der Waals surface area contributed by atoms with Gasteiger partial charge in [0, 0.05) is 20.7 Å². The lowest BCUT2D eigenvalue weighted by Crippen LogP contribution is -2.28. The van der Waals surface area contributed by atoms with E-state index in [9.17, 15) is 13.2 Å². The molecular formula is C24H15BrCl2F3N7S. The Balaban J connectivity index is 1.59. The molecule has 5 aromatic rings. The van der Waals surface area contributed by atoms with Crippen LogP contribution < -0.4 is 0 Å². The highest BCUT2D eigenvalue weighted by Crippen LogP contribution is 2.59. The molecule has 3 heterocycles. The predicted octanol–water partition coefficient (Wildman–Crippen LogP) is 7.36. The molecule has 1 aliphatic rings. The average molecular weight is 641 g/mol. The van der Waals surface area contributed by atoms with Crippen molar-refractivity contribution in [2.45, 2.75) is 31.0 Å². The third-order valence-corrected chi connectivity index (χ3v) is 8.55. The van der Waals surface area contributed by atoms with E-state index < -0.39 is 11.6 Å². The summed E-state index contributed by atoms with van der Waals surface area (Å²) in [6, 6.07) is 12.6. The molecule has 1 saturated carbocycles. The number of alkyl halides is 3. The first-order valence-electron chi connectivity index (χ1n) is 11.2. The van der Waals surface area contributed by atoms with E-state index in [-0.39, 0.29) is 29.4 Å². The zero-order valence-corrected chi connectivity index (χ0v) is 23.0. The minimum absolute atomic E-state index is 0.00405. The Bertz CT molecular complexity index is 1630. The van der Waals surface area contributed by atoms with Crippen LogP contribution in [0.5, 0.6) is 0 Å². The van der Waals surface area contributed by atoms with Crippen LogP contribution in [0, 0.1) is 0 Å².